The van der Waals surface area contributed by atoms with Gasteiger partial charge < -0.3 is 9.84 Å². The summed E-state index contributed by atoms with van der Waals surface area (Å²) in [7, 11) is 0. The van der Waals surface area contributed by atoms with Crippen LogP contribution in [0.1, 0.15) is 5.56 Å². The van der Waals surface area contributed by atoms with Crippen molar-refractivity contribution in [2.45, 2.75) is 6.92 Å². The molecular weight excluding hydrogens is 152 g/mol. The van der Waals surface area contributed by atoms with Crippen LogP contribution in [0.4, 0.5) is 0 Å². The van der Waals surface area contributed by atoms with E-state index in [9.17, 15) is 5.11 Å². The van der Waals surface area contributed by atoms with Crippen molar-refractivity contribution in [3.8, 4) is 11.5 Å². The van der Waals surface area contributed by atoms with E-state index in [2.05, 4.69) is 6.58 Å². The van der Waals surface area contributed by atoms with Crippen LogP contribution < -0.4 is 4.74 Å². The molecule has 0 aliphatic carbocycles. The molecule has 1 aromatic rings. The zero-order chi connectivity index (χ0) is 8.97. The molecule has 0 atom stereocenters. The number of phenols is 1. The van der Waals surface area contributed by atoms with E-state index >= 15 is 0 Å². The van der Waals surface area contributed by atoms with E-state index < -0.39 is 0 Å². The van der Waals surface area contributed by atoms with Gasteiger partial charge in [0.15, 0.2) is 0 Å². The van der Waals surface area contributed by atoms with Crippen LogP contribution in [0, 0.1) is 6.92 Å². The van der Waals surface area contributed by atoms with E-state index in [1.54, 1.807) is 18.2 Å². The maximum atomic E-state index is 9.29. The Labute approximate surface area is 72.1 Å². The summed E-state index contributed by atoms with van der Waals surface area (Å²) in [4.78, 5) is 0. The van der Waals surface area contributed by atoms with Gasteiger partial charge in [-0.1, -0.05) is 18.7 Å². The van der Waals surface area contributed by atoms with Crippen LogP contribution in [-0.2, 0) is 0 Å². The average molecular weight is 164 g/mol. The fourth-order valence-electron chi connectivity index (χ4n) is 0.908. The minimum absolute atomic E-state index is 0.261. The SMILES string of the molecule is C=CCOc1cccc(O)c1C. The number of aromatic hydroxyl groups is 1. The summed E-state index contributed by atoms with van der Waals surface area (Å²) in [6.45, 7) is 5.82. The van der Waals surface area contributed by atoms with Crippen LogP contribution in [0.3, 0.4) is 0 Å². The largest absolute Gasteiger partial charge is 0.508 e. The van der Waals surface area contributed by atoms with Gasteiger partial charge in [-0.25, -0.2) is 0 Å². The van der Waals surface area contributed by atoms with Gasteiger partial charge in [0, 0.05) is 5.56 Å². The van der Waals surface area contributed by atoms with Crippen molar-refractivity contribution in [3.63, 3.8) is 0 Å². The first kappa shape index (κ1) is 8.65. The third-order valence-corrected chi connectivity index (χ3v) is 1.61. The maximum absolute atomic E-state index is 9.29. The molecule has 1 aromatic carbocycles. The summed E-state index contributed by atoms with van der Waals surface area (Å²) in [6, 6.07) is 5.20. The summed E-state index contributed by atoms with van der Waals surface area (Å²) >= 11 is 0. The Morgan fingerprint density at radius 3 is 3.00 bits per heavy atom. The van der Waals surface area contributed by atoms with Gasteiger partial charge in [0.2, 0.25) is 0 Å². The van der Waals surface area contributed by atoms with Crippen molar-refractivity contribution in [1.82, 2.24) is 0 Å². The van der Waals surface area contributed by atoms with Gasteiger partial charge in [0.1, 0.15) is 18.1 Å². The van der Waals surface area contributed by atoms with E-state index in [0.29, 0.717) is 12.4 Å². The number of phenolic OH excluding ortho intramolecular Hbond substituents is 1. The fraction of sp³-hybridized carbons (Fsp3) is 0.200. The van der Waals surface area contributed by atoms with Gasteiger partial charge in [-0.3, -0.25) is 0 Å². The fourth-order valence-corrected chi connectivity index (χ4v) is 0.908. The quantitative estimate of drug-likeness (QED) is 0.694. The van der Waals surface area contributed by atoms with Crippen molar-refractivity contribution in [3.05, 3.63) is 36.4 Å². The minimum Gasteiger partial charge on any atom is -0.508 e. The van der Waals surface area contributed by atoms with Crippen molar-refractivity contribution in [1.29, 1.82) is 0 Å². The van der Waals surface area contributed by atoms with Crippen LogP contribution in [0.2, 0.25) is 0 Å². The molecule has 2 nitrogen and oxygen atoms in total. The lowest BCUT2D eigenvalue weighted by molar-refractivity contribution is 0.356. The molecular formula is C10H12O2. The van der Waals surface area contributed by atoms with Crippen molar-refractivity contribution >= 4 is 0 Å². The molecule has 0 saturated heterocycles. The lowest BCUT2D eigenvalue weighted by Crippen LogP contribution is -1.94. The molecule has 1 N–H and O–H groups in total. The second-order valence-electron chi connectivity index (χ2n) is 2.50. The molecule has 0 bridgehead atoms. The summed E-state index contributed by atoms with van der Waals surface area (Å²) in [6.07, 6.45) is 1.67. The maximum Gasteiger partial charge on any atom is 0.126 e. The molecule has 0 radical (unpaired) electrons. The zero-order valence-electron chi connectivity index (χ0n) is 7.08. The second kappa shape index (κ2) is 3.81. The van der Waals surface area contributed by atoms with Crippen molar-refractivity contribution in [2.75, 3.05) is 6.61 Å². The lowest BCUT2D eigenvalue weighted by Gasteiger charge is -2.07. The molecule has 2 heteroatoms. The molecule has 64 valence electrons. The Kier molecular flexibility index (Phi) is 2.75. The first-order valence-electron chi connectivity index (χ1n) is 3.78. The molecule has 0 aromatic heterocycles. The Balaban J connectivity index is 2.84. The molecule has 12 heavy (non-hydrogen) atoms. The third-order valence-electron chi connectivity index (χ3n) is 1.61. The third kappa shape index (κ3) is 1.78. The standard InChI is InChI=1S/C10H12O2/c1-3-7-12-10-6-4-5-9(11)8(10)2/h3-6,11H,1,7H2,2H3. The van der Waals surface area contributed by atoms with Crippen LogP contribution in [0.25, 0.3) is 0 Å². The van der Waals surface area contributed by atoms with E-state index in [0.717, 1.165) is 5.56 Å². The minimum atomic E-state index is 0.261. The smallest absolute Gasteiger partial charge is 0.126 e. The van der Waals surface area contributed by atoms with Gasteiger partial charge in [-0.2, -0.15) is 0 Å². The molecule has 0 unspecified atom stereocenters. The van der Waals surface area contributed by atoms with E-state index in [1.807, 2.05) is 13.0 Å². The van der Waals surface area contributed by atoms with Gasteiger partial charge in [-0.15, -0.1) is 0 Å². The predicted octanol–water partition coefficient (Wildman–Crippen LogP) is 2.27. The molecule has 0 aliphatic heterocycles. The van der Waals surface area contributed by atoms with E-state index in [4.69, 9.17) is 4.74 Å². The second-order valence-corrected chi connectivity index (χ2v) is 2.50. The molecule has 0 spiro atoms. The Bertz CT molecular complexity index is 279. The summed E-state index contributed by atoms with van der Waals surface area (Å²) in [5, 5.41) is 9.29. The summed E-state index contributed by atoms with van der Waals surface area (Å²) in [5.74, 6) is 0.964. The highest BCUT2D eigenvalue weighted by Gasteiger charge is 2.01. The van der Waals surface area contributed by atoms with Crippen LogP contribution in [0.5, 0.6) is 11.5 Å². The topological polar surface area (TPSA) is 29.5 Å². The Hall–Kier alpha value is -1.44. The number of hydrogen-bond donors (Lipinski definition) is 1. The highest BCUT2D eigenvalue weighted by atomic mass is 16.5. The number of hydrogen-bond acceptors (Lipinski definition) is 2. The average Bonchev–Trinajstić information content (AvgIpc) is 2.08. The van der Waals surface area contributed by atoms with Crippen molar-refractivity contribution < 1.29 is 9.84 Å². The summed E-state index contributed by atoms with van der Waals surface area (Å²) < 4.78 is 5.29. The highest BCUT2D eigenvalue weighted by Crippen LogP contribution is 2.25. The normalized spacial score (nSPS) is 9.42. The monoisotopic (exact) mass is 164 g/mol. The Morgan fingerprint density at radius 1 is 1.58 bits per heavy atom. The highest BCUT2D eigenvalue weighted by molar-refractivity contribution is 5.42. The first-order valence-corrected chi connectivity index (χ1v) is 3.78. The molecule has 0 fully saturated rings. The number of ether oxygens (including phenoxy) is 1. The van der Waals surface area contributed by atoms with Crippen LogP contribution in [0.15, 0.2) is 30.9 Å². The van der Waals surface area contributed by atoms with Gasteiger partial charge in [0.25, 0.3) is 0 Å². The van der Waals surface area contributed by atoms with Gasteiger partial charge in [-0.05, 0) is 19.1 Å². The molecule has 0 heterocycles. The summed E-state index contributed by atoms with van der Waals surface area (Å²) in [5.41, 5.74) is 0.763. The molecule has 1 rings (SSSR count). The molecule has 0 saturated carbocycles. The van der Waals surface area contributed by atoms with Gasteiger partial charge in [0.05, 0.1) is 0 Å². The first-order chi connectivity index (χ1) is 5.75. The predicted molar refractivity (Wildman–Crippen MR) is 48.5 cm³/mol. The van der Waals surface area contributed by atoms with Crippen LogP contribution in [-0.4, -0.2) is 11.7 Å². The lowest BCUT2D eigenvalue weighted by atomic mass is 10.2. The number of benzene rings is 1. The molecule has 0 aliphatic rings. The van der Waals surface area contributed by atoms with Crippen molar-refractivity contribution in [2.24, 2.45) is 0 Å². The van der Waals surface area contributed by atoms with Crippen LogP contribution >= 0.6 is 0 Å². The Morgan fingerprint density at radius 2 is 2.33 bits per heavy atom. The van der Waals surface area contributed by atoms with E-state index in [-0.39, 0.29) is 5.75 Å². The van der Waals surface area contributed by atoms with E-state index in [1.165, 1.54) is 0 Å². The zero-order valence-corrected chi connectivity index (χ0v) is 7.08. The molecule has 0 amide bonds. The van der Waals surface area contributed by atoms with Gasteiger partial charge >= 0.3 is 0 Å². The number of rotatable bonds is 3.